The highest BCUT2D eigenvalue weighted by Crippen LogP contribution is 2.20. The van der Waals surface area contributed by atoms with E-state index in [-0.39, 0.29) is 17.7 Å². The van der Waals surface area contributed by atoms with Crippen LogP contribution < -0.4 is 5.32 Å². The summed E-state index contributed by atoms with van der Waals surface area (Å²) in [7, 11) is 0. The van der Waals surface area contributed by atoms with Gasteiger partial charge in [0.15, 0.2) is 5.69 Å². The Labute approximate surface area is 171 Å². The van der Waals surface area contributed by atoms with E-state index in [2.05, 4.69) is 10.4 Å². The van der Waals surface area contributed by atoms with Crippen LogP contribution in [-0.4, -0.2) is 33.0 Å². The maximum Gasteiger partial charge on any atom is 0.274 e. The molecule has 1 N–H and O–H groups in total. The van der Waals surface area contributed by atoms with Crippen molar-refractivity contribution in [2.75, 3.05) is 11.9 Å². The van der Waals surface area contributed by atoms with Gasteiger partial charge in [-0.2, -0.15) is 5.10 Å². The second-order valence-corrected chi connectivity index (χ2v) is 7.11. The van der Waals surface area contributed by atoms with E-state index in [1.807, 2.05) is 81.4 Å². The number of rotatable bonds is 7. The quantitative estimate of drug-likeness (QED) is 0.660. The molecule has 6 heteroatoms. The van der Waals surface area contributed by atoms with Crippen molar-refractivity contribution < 1.29 is 9.59 Å². The number of hydrogen-bond acceptors (Lipinski definition) is 3. The highest BCUT2D eigenvalue weighted by molar-refractivity contribution is 5.96. The second-order valence-electron chi connectivity index (χ2n) is 7.11. The number of aromatic nitrogens is 2. The third-order valence-electron chi connectivity index (χ3n) is 4.59. The highest BCUT2D eigenvalue weighted by Gasteiger charge is 2.22. The molecule has 0 radical (unpaired) electrons. The molecule has 0 spiro atoms. The molecular weight excluding hydrogens is 364 g/mol. The first kappa shape index (κ1) is 20.3. The molecule has 0 aliphatic rings. The SMILES string of the molecule is CCN(Cc1ccccc1)C(=O)c1cc(NC(=O)C(C)C)n(-c2ccccc2)n1. The van der Waals surface area contributed by atoms with Crippen LogP contribution in [0, 0.1) is 5.92 Å². The molecule has 6 nitrogen and oxygen atoms in total. The fraction of sp³-hybridized carbons (Fsp3) is 0.261. The summed E-state index contributed by atoms with van der Waals surface area (Å²) in [6, 6.07) is 20.9. The van der Waals surface area contributed by atoms with E-state index in [1.165, 1.54) is 0 Å². The van der Waals surface area contributed by atoms with Crippen LogP contribution in [0.15, 0.2) is 66.7 Å². The minimum atomic E-state index is -0.182. The average Bonchev–Trinajstić information content (AvgIpc) is 3.16. The van der Waals surface area contributed by atoms with Gasteiger partial charge in [-0.05, 0) is 24.6 Å². The Hall–Kier alpha value is -3.41. The van der Waals surface area contributed by atoms with E-state index in [4.69, 9.17) is 0 Å². The second kappa shape index (κ2) is 9.19. The van der Waals surface area contributed by atoms with Crippen molar-refractivity contribution in [3.63, 3.8) is 0 Å². The lowest BCUT2D eigenvalue weighted by atomic mass is 10.2. The van der Waals surface area contributed by atoms with Crippen molar-refractivity contribution in [2.24, 2.45) is 5.92 Å². The molecular formula is C23H26N4O2. The summed E-state index contributed by atoms with van der Waals surface area (Å²) in [4.78, 5) is 27.1. The summed E-state index contributed by atoms with van der Waals surface area (Å²) in [6.07, 6.45) is 0. The van der Waals surface area contributed by atoms with Crippen molar-refractivity contribution >= 4 is 17.6 Å². The molecule has 3 rings (SSSR count). The van der Waals surface area contributed by atoms with Crippen molar-refractivity contribution in [2.45, 2.75) is 27.3 Å². The van der Waals surface area contributed by atoms with Crippen LogP contribution in [0.25, 0.3) is 5.69 Å². The van der Waals surface area contributed by atoms with Crippen LogP contribution in [0.5, 0.6) is 0 Å². The van der Waals surface area contributed by atoms with Crippen molar-refractivity contribution in [1.29, 1.82) is 0 Å². The molecule has 0 aliphatic heterocycles. The smallest absolute Gasteiger partial charge is 0.274 e. The van der Waals surface area contributed by atoms with Crippen LogP contribution in [0.3, 0.4) is 0 Å². The standard InChI is InChI=1S/C23H26N4O2/c1-4-26(16-18-11-7-5-8-12-18)23(29)20-15-21(24-22(28)17(2)3)27(25-20)19-13-9-6-10-14-19/h5-15,17H,4,16H2,1-3H3,(H,24,28). The predicted molar refractivity (Wildman–Crippen MR) is 114 cm³/mol. The Morgan fingerprint density at radius 1 is 1.03 bits per heavy atom. The van der Waals surface area contributed by atoms with E-state index in [1.54, 1.807) is 15.6 Å². The lowest BCUT2D eigenvalue weighted by Crippen LogP contribution is -2.30. The van der Waals surface area contributed by atoms with Crippen LogP contribution in [-0.2, 0) is 11.3 Å². The first-order valence-electron chi connectivity index (χ1n) is 9.79. The normalized spacial score (nSPS) is 10.8. The van der Waals surface area contributed by atoms with Gasteiger partial charge in [0.1, 0.15) is 5.82 Å². The molecule has 150 valence electrons. The number of anilines is 1. The third-order valence-corrected chi connectivity index (χ3v) is 4.59. The molecule has 0 saturated carbocycles. The number of benzene rings is 2. The molecule has 0 fully saturated rings. The Balaban J connectivity index is 1.92. The Morgan fingerprint density at radius 2 is 1.66 bits per heavy atom. The number of para-hydroxylation sites is 1. The predicted octanol–water partition coefficient (Wildman–Crippen LogP) is 4.13. The lowest BCUT2D eigenvalue weighted by molar-refractivity contribution is -0.118. The largest absolute Gasteiger partial charge is 0.333 e. The first-order valence-corrected chi connectivity index (χ1v) is 9.79. The maximum atomic E-state index is 13.1. The molecule has 2 amide bonds. The van der Waals surface area contributed by atoms with Crippen molar-refractivity contribution in [3.8, 4) is 5.69 Å². The van der Waals surface area contributed by atoms with E-state index in [0.717, 1.165) is 11.3 Å². The zero-order valence-corrected chi connectivity index (χ0v) is 17.0. The van der Waals surface area contributed by atoms with Crippen LogP contribution in [0.2, 0.25) is 0 Å². The Kier molecular flexibility index (Phi) is 6.44. The van der Waals surface area contributed by atoms with Crippen molar-refractivity contribution in [1.82, 2.24) is 14.7 Å². The van der Waals surface area contributed by atoms with Gasteiger partial charge in [-0.3, -0.25) is 9.59 Å². The van der Waals surface area contributed by atoms with Gasteiger partial charge < -0.3 is 10.2 Å². The fourth-order valence-corrected chi connectivity index (χ4v) is 2.90. The summed E-state index contributed by atoms with van der Waals surface area (Å²) in [5, 5.41) is 7.40. The molecule has 0 atom stereocenters. The van der Waals surface area contributed by atoms with Crippen LogP contribution >= 0.6 is 0 Å². The maximum absolute atomic E-state index is 13.1. The summed E-state index contributed by atoms with van der Waals surface area (Å²) in [5.41, 5.74) is 2.13. The third kappa shape index (κ3) is 4.90. The molecule has 0 bridgehead atoms. The molecule has 1 heterocycles. The number of amides is 2. The van der Waals surface area contributed by atoms with E-state index in [9.17, 15) is 9.59 Å². The lowest BCUT2D eigenvalue weighted by Gasteiger charge is -2.19. The molecule has 1 aromatic heterocycles. The van der Waals surface area contributed by atoms with Gasteiger partial charge in [-0.15, -0.1) is 0 Å². The molecule has 0 unspecified atom stereocenters. The van der Waals surface area contributed by atoms with Gasteiger partial charge in [0.25, 0.3) is 5.91 Å². The van der Waals surface area contributed by atoms with E-state index in [0.29, 0.717) is 24.6 Å². The van der Waals surface area contributed by atoms with Gasteiger partial charge in [-0.1, -0.05) is 62.4 Å². The Morgan fingerprint density at radius 3 is 2.24 bits per heavy atom. The van der Waals surface area contributed by atoms with Gasteiger partial charge in [0.2, 0.25) is 5.91 Å². The minimum Gasteiger partial charge on any atom is -0.333 e. The van der Waals surface area contributed by atoms with Crippen molar-refractivity contribution in [3.05, 3.63) is 78.0 Å². The number of carbonyl (C=O) groups is 2. The molecule has 0 aliphatic carbocycles. The number of carbonyl (C=O) groups excluding carboxylic acids is 2. The van der Waals surface area contributed by atoms with Crippen LogP contribution in [0.4, 0.5) is 5.82 Å². The van der Waals surface area contributed by atoms with E-state index < -0.39 is 0 Å². The molecule has 29 heavy (non-hydrogen) atoms. The summed E-state index contributed by atoms with van der Waals surface area (Å²) < 4.78 is 1.60. The number of hydrogen-bond donors (Lipinski definition) is 1. The van der Waals surface area contributed by atoms with Crippen LogP contribution in [0.1, 0.15) is 36.8 Å². The monoisotopic (exact) mass is 390 g/mol. The Bertz CT molecular complexity index is 965. The van der Waals surface area contributed by atoms with Gasteiger partial charge >= 0.3 is 0 Å². The zero-order valence-electron chi connectivity index (χ0n) is 17.0. The molecule has 3 aromatic rings. The summed E-state index contributed by atoms with van der Waals surface area (Å²) >= 11 is 0. The topological polar surface area (TPSA) is 67.2 Å². The van der Waals surface area contributed by atoms with Gasteiger partial charge in [0.05, 0.1) is 5.69 Å². The highest BCUT2D eigenvalue weighted by atomic mass is 16.2. The molecule has 0 saturated heterocycles. The van der Waals surface area contributed by atoms with Gasteiger partial charge in [0, 0.05) is 25.1 Å². The molecule has 2 aromatic carbocycles. The average molecular weight is 390 g/mol. The summed E-state index contributed by atoms with van der Waals surface area (Å²) in [6.45, 7) is 6.64. The first-order chi connectivity index (χ1) is 14.0. The van der Waals surface area contributed by atoms with E-state index >= 15 is 0 Å². The minimum absolute atomic E-state index is 0.127. The summed E-state index contributed by atoms with van der Waals surface area (Å²) in [5.74, 6) is -0.00342. The number of nitrogens with one attached hydrogen (secondary N) is 1. The fourth-order valence-electron chi connectivity index (χ4n) is 2.90. The van der Waals surface area contributed by atoms with Gasteiger partial charge in [-0.25, -0.2) is 4.68 Å². The zero-order chi connectivity index (χ0) is 20.8. The number of nitrogens with zero attached hydrogens (tertiary/aromatic N) is 3.